The van der Waals surface area contributed by atoms with Crippen molar-refractivity contribution >= 4 is 53.2 Å². The third-order valence-electron chi connectivity index (χ3n) is 9.09. The zero-order valence-electron chi connectivity index (χ0n) is 26.7. The van der Waals surface area contributed by atoms with Crippen LogP contribution in [-0.2, 0) is 15.0 Å². The van der Waals surface area contributed by atoms with Gasteiger partial charge < -0.3 is 25.8 Å². The number of hydrogen-bond acceptors (Lipinski definition) is 7. The van der Waals surface area contributed by atoms with E-state index >= 15 is 0 Å². The molecule has 2 aliphatic heterocycles. The van der Waals surface area contributed by atoms with Crippen molar-refractivity contribution < 1.29 is 19.1 Å². The Bertz CT molecular complexity index is 1660. The number of nitrogens with two attached hydrogens (primary N) is 1. The lowest BCUT2D eigenvalue weighted by atomic mass is 9.76. The second kappa shape index (κ2) is 14.3. The van der Waals surface area contributed by atoms with Gasteiger partial charge in [-0.05, 0) is 76.8 Å². The number of carbonyl (C=O) groups is 2. The van der Waals surface area contributed by atoms with Crippen molar-refractivity contribution in [3.63, 3.8) is 0 Å². The molecule has 0 fully saturated rings. The van der Waals surface area contributed by atoms with Gasteiger partial charge in [0.05, 0.1) is 19.8 Å². The molecular weight excluding hydrogens is 618 g/mol. The summed E-state index contributed by atoms with van der Waals surface area (Å²) in [5.74, 6) is 0.0174. The summed E-state index contributed by atoms with van der Waals surface area (Å²) < 4.78 is 11.3. The fourth-order valence-electron chi connectivity index (χ4n) is 6.75. The smallest absolute Gasteiger partial charge is 0.268 e. The van der Waals surface area contributed by atoms with Crippen molar-refractivity contribution in [2.24, 2.45) is 0 Å². The Labute approximate surface area is 277 Å². The largest absolute Gasteiger partial charge is 0.399 e. The molecule has 0 saturated carbocycles. The number of halogens is 1. The molecule has 2 amide bonds. The number of nitrogens with one attached hydrogen (secondary N) is 2. The first-order valence-electron chi connectivity index (χ1n) is 15.8. The molecule has 4 N–H and O–H groups in total. The molecular formula is C35H42ClN5O4Si. The molecule has 0 unspecified atom stereocenters. The van der Waals surface area contributed by atoms with E-state index in [1.807, 2.05) is 37.4 Å². The minimum absolute atomic E-state index is 0.286. The van der Waals surface area contributed by atoms with Crippen molar-refractivity contribution in [3.05, 3.63) is 82.4 Å². The molecule has 3 aromatic rings. The molecule has 2 heterocycles. The van der Waals surface area contributed by atoms with E-state index in [0.717, 1.165) is 52.9 Å². The maximum Gasteiger partial charge on any atom is 0.268 e. The summed E-state index contributed by atoms with van der Waals surface area (Å²) in [4.78, 5) is 28.5. The van der Waals surface area contributed by atoms with Crippen LogP contribution in [0.15, 0.2) is 54.6 Å². The van der Waals surface area contributed by atoms with E-state index in [4.69, 9.17) is 26.8 Å². The van der Waals surface area contributed by atoms with Crippen molar-refractivity contribution in [1.82, 2.24) is 10.2 Å². The number of nitrogens with zero attached hydrogens (tertiary/aromatic N) is 2. The summed E-state index contributed by atoms with van der Waals surface area (Å²) in [7, 11) is -0.474. The van der Waals surface area contributed by atoms with Crippen LogP contribution in [0.2, 0.25) is 13.1 Å². The molecule has 0 radical (unpaired) electrons. The van der Waals surface area contributed by atoms with E-state index < -0.39 is 19.5 Å². The average Bonchev–Trinajstić information content (AvgIpc) is 3.31. The van der Waals surface area contributed by atoms with Gasteiger partial charge in [0.2, 0.25) is 0 Å². The van der Waals surface area contributed by atoms with Gasteiger partial charge in [-0.3, -0.25) is 9.59 Å². The van der Waals surface area contributed by atoms with E-state index in [1.165, 1.54) is 4.90 Å². The second-order valence-electron chi connectivity index (χ2n) is 12.2. The Hall–Kier alpha value is -3.88. The van der Waals surface area contributed by atoms with Crippen LogP contribution < -0.4 is 26.7 Å². The minimum atomic E-state index is -2.34. The number of ether oxygens (including phenoxy) is 2. The summed E-state index contributed by atoms with van der Waals surface area (Å²) in [6.07, 6.45) is 6.49. The number of alkyl halides is 1. The first kappa shape index (κ1) is 33.5. The molecule has 9 nitrogen and oxygen atoms in total. The number of nitriles is 1. The molecule has 1 atom stereocenters. The number of carbonyl (C=O) groups excluding carboxylic acids is 2. The van der Waals surface area contributed by atoms with E-state index in [1.54, 1.807) is 18.2 Å². The minimum Gasteiger partial charge on any atom is -0.399 e. The topological polar surface area (TPSA) is 130 Å². The summed E-state index contributed by atoms with van der Waals surface area (Å²) in [5, 5.41) is 18.9. The fraction of sp³-hybridized carbons (Fsp3) is 0.400. The van der Waals surface area contributed by atoms with Crippen molar-refractivity contribution in [3.8, 4) is 6.19 Å². The Balaban J connectivity index is 1.39. The number of nitrogen functional groups attached to an aromatic ring is 1. The number of unbranched alkanes of at least 4 members (excludes halogenated alkanes) is 3. The van der Waals surface area contributed by atoms with Crippen LogP contribution in [0.4, 0.5) is 11.4 Å². The van der Waals surface area contributed by atoms with Crippen molar-refractivity contribution in [1.29, 1.82) is 5.26 Å². The van der Waals surface area contributed by atoms with Gasteiger partial charge in [0.15, 0.2) is 6.19 Å². The Morgan fingerprint density at radius 3 is 2.35 bits per heavy atom. The number of benzene rings is 3. The monoisotopic (exact) mass is 659 g/mol. The van der Waals surface area contributed by atoms with Gasteiger partial charge in [-0.1, -0.05) is 38.1 Å². The van der Waals surface area contributed by atoms with Crippen LogP contribution in [0, 0.1) is 11.5 Å². The summed E-state index contributed by atoms with van der Waals surface area (Å²) in [6, 6.07) is 16.9. The van der Waals surface area contributed by atoms with Gasteiger partial charge in [0.1, 0.15) is 13.6 Å². The van der Waals surface area contributed by atoms with E-state index in [9.17, 15) is 14.9 Å². The van der Waals surface area contributed by atoms with E-state index in [2.05, 4.69) is 36.0 Å². The van der Waals surface area contributed by atoms with Gasteiger partial charge in [-0.2, -0.15) is 5.26 Å². The SMILES string of the molecule is CNc1ccc2c(c1)[Si](C)(C)c1cc(N)ccc1[C@]21c2cc(C(=O)NCCOCCOCCCCCCCl)ccc2C(=O)N1C#N. The third-order valence-corrected chi connectivity index (χ3v) is 12.9. The normalized spacial score (nSPS) is 17.3. The summed E-state index contributed by atoms with van der Waals surface area (Å²) in [5.41, 5.74) is 9.77. The molecule has 5 rings (SSSR count). The molecule has 3 aromatic carbocycles. The second-order valence-corrected chi connectivity index (χ2v) is 16.9. The molecule has 0 saturated heterocycles. The molecule has 242 valence electrons. The number of rotatable bonds is 14. The number of fused-ring (bicyclic) bond motifs is 6. The number of amides is 2. The lowest BCUT2D eigenvalue weighted by Crippen LogP contribution is -2.65. The molecule has 0 aromatic heterocycles. The molecule has 0 bridgehead atoms. The highest BCUT2D eigenvalue weighted by molar-refractivity contribution is 7.01. The van der Waals surface area contributed by atoms with Gasteiger partial charge in [-0.15, -0.1) is 11.6 Å². The van der Waals surface area contributed by atoms with Crippen LogP contribution in [0.1, 0.15) is 63.1 Å². The van der Waals surface area contributed by atoms with Crippen LogP contribution >= 0.6 is 11.6 Å². The predicted molar refractivity (Wildman–Crippen MR) is 185 cm³/mol. The van der Waals surface area contributed by atoms with Gasteiger partial charge in [0, 0.05) is 54.1 Å². The number of hydrogen-bond donors (Lipinski definition) is 3. The van der Waals surface area contributed by atoms with Gasteiger partial charge in [0.25, 0.3) is 11.8 Å². The van der Waals surface area contributed by atoms with Crippen LogP contribution in [0.5, 0.6) is 0 Å². The summed E-state index contributed by atoms with van der Waals surface area (Å²) >= 11 is 5.70. The highest BCUT2D eigenvalue weighted by Gasteiger charge is 2.59. The Morgan fingerprint density at radius 1 is 0.935 bits per heavy atom. The van der Waals surface area contributed by atoms with Gasteiger partial charge in [-0.25, -0.2) is 4.90 Å². The Morgan fingerprint density at radius 2 is 1.63 bits per heavy atom. The van der Waals surface area contributed by atoms with Crippen molar-refractivity contribution in [2.75, 3.05) is 57.0 Å². The zero-order chi connectivity index (χ0) is 32.9. The molecule has 0 aliphatic carbocycles. The van der Waals surface area contributed by atoms with Crippen LogP contribution in [0.25, 0.3) is 0 Å². The third kappa shape index (κ3) is 6.00. The van der Waals surface area contributed by atoms with Crippen molar-refractivity contribution in [2.45, 2.75) is 44.3 Å². The molecule has 11 heteroatoms. The lowest BCUT2D eigenvalue weighted by molar-refractivity contribution is 0.0468. The highest BCUT2D eigenvalue weighted by Crippen LogP contribution is 2.50. The molecule has 46 heavy (non-hydrogen) atoms. The Kier molecular flexibility index (Phi) is 10.4. The maximum atomic E-state index is 13.9. The van der Waals surface area contributed by atoms with E-state index in [0.29, 0.717) is 61.2 Å². The quantitative estimate of drug-likeness (QED) is 0.0776. The molecule has 2 aliphatic rings. The maximum absolute atomic E-state index is 13.9. The standard InChI is InChI=1S/C35H42ClN5O4Si/c1-39-26-10-13-29-32(22-26)46(2,3)31-21-25(38)9-12-28(31)35(29)30-20-24(8-11-27(30)34(43)41(35)23-37)33(42)40-15-17-45-19-18-44-16-7-5-4-6-14-36/h8-13,20-22,39H,4-7,14-19,38H2,1-3H3,(H,40,42)/t35-/m1/s1. The van der Waals surface area contributed by atoms with E-state index in [-0.39, 0.29) is 5.91 Å². The van der Waals surface area contributed by atoms with Crippen LogP contribution in [-0.4, -0.2) is 70.7 Å². The predicted octanol–water partition coefficient (Wildman–Crippen LogP) is 4.24. The highest BCUT2D eigenvalue weighted by atomic mass is 35.5. The number of anilines is 2. The average molecular weight is 660 g/mol. The first-order valence-corrected chi connectivity index (χ1v) is 19.4. The van der Waals surface area contributed by atoms with Crippen LogP contribution in [0.3, 0.4) is 0 Å². The fourth-order valence-corrected chi connectivity index (χ4v) is 10.1. The first-order chi connectivity index (χ1) is 22.2. The lowest BCUT2D eigenvalue weighted by Gasteiger charge is -2.47. The molecule has 1 spiro atoms. The zero-order valence-corrected chi connectivity index (χ0v) is 28.5. The summed E-state index contributed by atoms with van der Waals surface area (Å²) in [6.45, 7) is 6.83. The van der Waals surface area contributed by atoms with Gasteiger partial charge >= 0.3 is 0 Å².